The molecule has 13 aromatic rings. The van der Waals surface area contributed by atoms with Crippen LogP contribution in [0.25, 0.3) is 43.4 Å². The van der Waals surface area contributed by atoms with E-state index in [2.05, 4.69) is 112 Å². The number of carbonyl (C=O) groups excluding carboxylic acids is 8. The van der Waals surface area contributed by atoms with Gasteiger partial charge in [-0.05, 0) is 133 Å². The van der Waals surface area contributed by atoms with E-state index >= 15 is 0 Å². The summed E-state index contributed by atoms with van der Waals surface area (Å²) in [5, 5.41) is 65.2. The van der Waals surface area contributed by atoms with E-state index in [1.807, 2.05) is 140 Å². The number of aryl methyl sites for hydroxylation is 2. The molecule has 0 aliphatic carbocycles. The minimum Gasteiger partial charge on any atom is -0.506 e. The highest BCUT2D eigenvalue weighted by Crippen LogP contribution is 2.43. The number of aromatic nitrogens is 4. The second-order valence-electron chi connectivity index (χ2n) is 30.8. The first kappa shape index (κ1) is 106. The average Bonchev–Trinajstić information content (AvgIpc) is 1.64. The van der Waals surface area contributed by atoms with E-state index in [1.165, 1.54) is 82.8 Å². The maximum absolute atomic E-state index is 12.7. The molecule has 0 saturated heterocycles. The van der Waals surface area contributed by atoms with Crippen LogP contribution in [0.5, 0.6) is 23.0 Å². The lowest BCUT2D eigenvalue weighted by Crippen LogP contribution is -2.21. The van der Waals surface area contributed by atoms with Gasteiger partial charge in [-0.1, -0.05) is 265 Å². The molecule has 0 radical (unpaired) electrons. The van der Waals surface area contributed by atoms with Crippen LogP contribution in [0.4, 0.5) is 13.2 Å². The maximum Gasteiger partial charge on any atom is 0.416 e. The maximum atomic E-state index is 12.7. The number of carbonyl (C=O) groups is 2. The molecule has 0 saturated carbocycles. The Balaban J connectivity index is 0.000000235. The lowest BCUT2D eigenvalue weighted by atomic mass is 9.86. The topological polar surface area (TPSA) is 373 Å². The van der Waals surface area contributed by atoms with Gasteiger partial charge < -0.3 is 20.4 Å². The standard InChI is InChI=1S/C28H28N4O2.C24H29N5O4S.C22H18F3NOS2.C21H17Cl2NOS2.3CO2/c1-28(2,3)22-17-15-20(16-18-22)25-26(33)24(31-32(25)4)23(19-11-7-5-8-12-19)29-30-27(34)21-13-9-6-10-14-21;1-15(26-27-23(31)17-9-13-19(14-10-17)34(32,33)25-5)20-22(30)21(29(6)28-20)16-7-11-18(12-8-16)24(2,3)4;1-14(26-12-18(28)11-15-5-3-2-4-6-15)19-13-29-21(20(19)27)16-7-9-17(10-8-16)22(23,24)25;1-13(24-11-16(26)9-14-5-3-2-4-6-14)17-12-27-21(20(17)25)15-7-8-18(22)19(23)10-15;3*2-1-3/h5-18,33H,1-4H3,(H,30,34);7-14,25,30H,1-6H3,(H,27,31);2-10,13,27H,11-12H2,1H3;2-8,10,12,25H,9,11H2,1H3;;;/b29-23+;26-15+;;;;;. The molecule has 4 heterocycles. The van der Waals surface area contributed by atoms with Crippen molar-refractivity contribution in [2.24, 2.45) is 34.3 Å². The Morgan fingerprint density at radius 2 is 0.812 bits per heavy atom. The van der Waals surface area contributed by atoms with Crippen molar-refractivity contribution >= 4 is 143 Å². The second-order valence-corrected chi connectivity index (χ2v) is 36.4. The molecule has 25 nitrogen and oxygen atoms in total. The fraction of sp³-hybridized carbons (Fsp3) is 0.194. The number of halogens is 5. The molecule has 0 fully saturated rings. The quantitative estimate of drug-likeness (QED) is 0.0178. The number of hydrogen-bond acceptors (Lipinski definition) is 24. The first-order valence-corrected chi connectivity index (χ1v) is 44.8. The molecule has 0 bridgehead atoms. The van der Waals surface area contributed by atoms with Crippen LogP contribution in [0.15, 0.2) is 272 Å². The fourth-order valence-electron chi connectivity index (χ4n) is 12.5. The van der Waals surface area contributed by atoms with Crippen LogP contribution in [0, 0.1) is 0 Å². The van der Waals surface area contributed by atoms with Gasteiger partial charge in [0.2, 0.25) is 10.0 Å². The predicted molar refractivity (Wildman–Crippen MR) is 519 cm³/mol. The number of benzene rings is 9. The number of aromatic hydroxyl groups is 4. The van der Waals surface area contributed by atoms with Gasteiger partial charge in [0.1, 0.15) is 28.6 Å². The number of alkyl halides is 3. The summed E-state index contributed by atoms with van der Waals surface area (Å²) < 4.78 is 67.2. The predicted octanol–water partition coefficient (Wildman–Crippen LogP) is 20.1. The van der Waals surface area contributed by atoms with Crippen molar-refractivity contribution in [1.82, 2.24) is 35.1 Å². The van der Waals surface area contributed by atoms with Gasteiger partial charge >= 0.3 is 24.6 Å². The smallest absolute Gasteiger partial charge is 0.416 e. The molecule has 2 amide bonds. The van der Waals surface area contributed by atoms with Gasteiger partial charge in [-0.15, -0.1) is 22.7 Å². The summed E-state index contributed by atoms with van der Waals surface area (Å²) in [6.07, 6.45) is -2.26. The number of hydrogen-bond donors (Lipinski definition) is 7. The van der Waals surface area contributed by atoms with Crippen molar-refractivity contribution < 1.29 is 80.4 Å². The summed E-state index contributed by atoms with van der Waals surface area (Å²) in [5.74, 6) is -0.687. The van der Waals surface area contributed by atoms with Crippen molar-refractivity contribution in [3.63, 3.8) is 0 Å². The number of amides is 2. The summed E-state index contributed by atoms with van der Waals surface area (Å²) in [6, 6.07) is 69.7. The van der Waals surface area contributed by atoms with Gasteiger partial charge in [0.15, 0.2) is 22.9 Å². The van der Waals surface area contributed by atoms with E-state index in [1.54, 1.807) is 79.1 Å². The number of thiophene rings is 2. The van der Waals surface area contributed by atoms with Crippen molar-refractivity contribution in [1.29, 1.82) is 0 Å². The van der Waals surface area contributed by atoms with Crippen LogP contribution in [-0.2, 0) is 82.7 Å². The molecule has 0 spiro atoms. The van der Waals surface area contributed by atoms with Crippen molar-refractivity contribution in [2.45, 2.75) is 97.1 Å². The summed E-state index contributed by atoms with van der Waals surface area (Å²) in [7, 11) is 1.23. The van der Waals surface area contributed by atoms with Gasteiger partial charge in [0.05, 0.1) is 49.1 Å². The number of aliphatic imine (C=N–C) groups is 2. The molecule has 13 rings (SSSR count). The fourth-order valence-corrected chi connectivity index (χ4v) is 16.0. The molecule has 7 N–H and O–H groups in total. The number of sulfonamides is 1. The van der Waals surface area contributed by atoms with E-state index in [4.69, 9.17) is 76.4 Å². The average molecular weight is 1940 g/mol. The van der Waals surface area contributed by atoms with E-state index < -0.39 is 27.7 Å². The van der Waals surface area contributed by atoms with E-state index in [9.17, 15) is 51.6 Å². The summed E-state index contributed by atoms with van der Waals surface area (Å²) >= 11 is 25.6. The number of rotatable bonds is 23. The Hall–Kier alpha value is -13.8. The van der Waals surface area contributed by atoms with Crippen molar-refractivity contribution in [3.05, 3.63) is 324 Å². The normalized spacial score (nSPS) is 11.5. The number of hydrazone groups is 2. The van der Waals surface area contributed by atoms with E-state index in [0.29, 0.717) is 85.2 Å². The van der Waals surface area contributed by atoms with Crippen LogP contribution in [0.1, 0.15) is 139 Å². The first-order chi connectivity index (χ1) is 63.0. The highest BCUT2D eigenvalue weighted by atomic mass is 35.5. The summed E-state index contributed by atoms with van der Waals surface area (Å²) in [6.45, 7) is 19.0. The van der Waals surface area contributed by atoms with Crippen LogP contribution >= 0.6 is 70.3 Å². The minimum atomic E-state index is -4.39. The highest BCUT2D eigenvalue weighted by molar-refractivity contribution is 7.89. The zero-order valence-corrected chi connectivity index (χ0v) is 79.5. The molecule has 35 heteroatoms. The molecule has 0 unspecified atom stereocenters. The highest BCUT2D eigenvalue weighted by Gasteiger charge is 2.31. The lowest BCUT2D eigenvalue weighted by molar-refractivity contribution is -0.193. The molecule has 0 atom stereocenters. The van der Waals surface area contributed by atoms with Crippen LogP contribution < -0.4 is 15.6 Å². The number of nitrogens with one attached hydrogen (secondary N) is 3. The third-order valence-corrected chi connectivity index (χ3v) is 24.2. The lowest BCUT2D eigenvalue weighted by Gasteiger charge is -2.19. The Labute approximate surface area is 795 Å². The van der Waals surface area contributed by atoms with Crippen LogP contribution in [0.2, 0.25) is 10.0 Å². The third-order valence-electron chi connectivity index (χ3n) is 19.5. The monoisotopic (exact) mass is 1930 g/mol. The van der Waals surface area contributed by atoms with Gasteiger partial charge in [-0.3, -0.25) is 28.9 Å². The second kappa shape index (κ2) is 50.0. The van der Waals surface area contributed by atoms with Gasteiger partial charge in [0.25, 0.3) is 11.8 Å². The SMILES string of the molecule is CC(=NCC(=S)Cc1ccccc1)c1csc(-c2ccc(C(F)(F)F)cc2)c1O.CC(=NCC(=S)Cc1ccccc1)c1csc(-c2ccc(Cl)c(Cl)c2)c1O.CNS(=O)(=O)c1ccc(C(=O)N/N=C(\C)c2nn(C)c(-c3ccc(C(C)(C)C)cc3)c2O)cc1.Cn1nc(/C(=N/NC(=O)c2ccccc2)c2ccccc2)c(O)c1-c1ccc(C(C)(C)C)cc1.O=C=O.O=C=O.O=C=O. The number of nitrogens with zero attached hydrogens (tertiary/aromatic N) is 8. The molecular formula is C98H92Cl2F3N11O14S5. The van der Waals surface area contributed by atoms with Gasteiger partial charge in [-0.2, -0.15) is 62.3 Å². The van der Waals surface area contributed by atoms with Crippen molar-refractivity contribution in [2.75, 3.05) is 20.1 Å². The van der Waals surface area contributed by atoms with Crippen LogP contribution in [0.3, 0.4) is 0 Å². The molecular weight excluding hydrogens is 1840 g/mol. The Kier molecular flexibility index (Phi) is 40.0. The number of thiocarbonyl (C=S) groups is 2. The van der Waals surface area contributed by atoms with Crippen LogP contribution in [-0.4, -0.2) is 131 Å². The van der Waals surface area contributed by atoms with Crippen molar-refractivity contribution in [3.8, 4) is 66.4 Å². The van der Waals surface area contributed by atoms with E-state index in [-0.39, 0.29) is 80.0 Å². The molecule has 688 valence electrons. The Bertz CT molecular complexity index is 6510. The summed E-state index contributed by atoms with van der Waals surface area (Å²) in [5.41, 5.74) is 18.5. The minimum absolute atomic E-state index is 0.00238. The molecule has 0 aliphatic rings. The van der Waals surface area contributed by atoms with E-state index in [0.717, 1.165) is 66.7 Å². The Morgan fingerprint density at radius 1 is 0.459 bits per heavy atom. The molecule has 133 heavy (non-hydrogen) atoms. The van der Waals surface area contributed by atoms with Gasteiger partial charge in [-0.25, -0.2) is 24.0 Å². The largest absolute Gasteiger partial charge is 0.506 e. The third kappa shape index (κ3) is 30.7. The Morgan fingerprint density at radius 3 is 1.21 bits per heavy atom. The van der Waals surface area contributed by atoms with Gasteiger partial charge in [0, 0.05) is 97.8 Å². The zero-order chi connectivity index (χ0) is 98.1. The summed E-state index contributed by atoms with van der Waals surface area (Å²) in [4.78, 5) is 85.8. The molecule has 0 aliphatic heterocycles. The molecule has 4 aromatic heterocycles. The zero-order valence-electron chi connectivity index (χ0n) is 73.9. The molecule has 9 aromatic carbocycles. The first-order valence-electron chi connectivity index (χ1n) is 40.0.